The summed E-state index contributed by atoms with van der Waals surface area (Å²) in [6.07, 6.45) is 1.89. The smallest absolute Gasteiger partial charge is 0.321 e. The maximum Gasteiger partial charge on any atom is 0.321 e. The fourth-order valence-corrected chi connectivity index (χ4v) is 3.70. The van der Waals surface area contributed by atoms with Crippen LogP contribution < -0.4 is 0 Å². The highest BCUT2D eigenvalue weighted by molar-refractivity contribution is 9.09. The quantitative estimate of drug-likeness (QED) is 0.430. The largest absolute Gasteiger partial charge is 0.465 e. The molecule has 0 N–H and O–H groups in total. The fourth-order valence-electron chi connectivity index (χ4n) is 1.73. The van der Waals surface area contributed by atoms with E-state index in [0.29, 0.717) is 17.7 Å². The van der Waals surface area contributed by atoms with Crippen molar-refractivity contribution in [2.45, 2.75) is 26.7 Å². The van der Waals surface area contributed by atoms with Crippen molar-refractivity contribution in [1.82, 2.24) is 0 Å². The zero-order valence-corrected chi connectivity index (χ0v) is 12.0. The number of thioether (sulfide) groups is 1. The molecule has 92 valence electrons. The van der Waals surface area contributed by atoms with Gasteiger partial charge in [0.15, 0.2) is 0 Å². The van der Waals surface area contributed by atoms with Crippen molar-refractivity contribution in [2.75, 3.05) is 17.7 Å². The van der Waals surface area contributed by atoms with Crippen molar-refractivity contribution < 1.29 is 14.3 Å². The van der Waals surface area contributed by atoms with Crippen LogP contribution in [0.4, 0.5) is 0 Å². The standard InChI is InChI=1S/C11H17BrO3S/c1-3-15-9(13)11(7-12,8-5-6-8)10(14)16-4-2/h8H,3-7H2,1-2H3. The summed E-state index contributed by atoms with van der Waals surface area (Å²) < 4.78 is 5.06. The number of carbonyl (C=O) groups is 2. The van der Waals surface area contributed by atoms with Gasteiger partial charge in [-0.05, 0) is 31.4 Å². The lowest BCUT2D eigenvalue weighted by atomic mass is 9.86. The molecular weight excluding hydrogens is 292 g/mol. The third-order valence-electron chi connectivity index (χ3n) is 2.76. The van der Waals surface area contributed by atoms with Crippen molar-refractivity contribution in [3.8, 4) is 0 Å². The number of halogens is 1. The summed E-state index contributed by atoms with van der Waals surface area (Å²) in [5.41, 5.74) is -0.948. The normalized spacial score (nSPS) is 18.9. The lowest BCUT2D eigenvalue weighted by Crippen LogP contribution is -2.43. The summed E-state index contributed by atoms with van der Waals surface area (Å²) in [6.45, 7) is 4.01. The van der Waals surface area contributed by atoms with Gasteiger partial charge in [-0.3, -0.25) is 9.59 Å². The second-order valence-corrected chi connectivity index (χ2v) is 5.62. The third kappa shape index (κ3) is 2.62. The molecule has 0 aromatic rings. The lowest BCUT2D eigenvalue weighted by molar-refractivity contribution is -0.157. The summed E-state index contributed by atoms with van der Waals surface area (Å²) in [5.74, 6) is 0.498. The van der Waals surface area contributed by atoms with E-state index in [9.17, 15) is 9.59 Å². The van der Waals surface area contributed by atoms with Crippen LogP contribution in [0.1, 0.15) is 26.7 Å². The second-order valence-electron chi connectivity index (χ2n) is 3.82. The first kappa shape index (κ1) is 14.0. The van der Waals surface area contributed by atoms with E-state index in [-0.39, 0.29) is 17.0 Å². The molecule has 3 nitrogen and oxygen atoms in total. The maximum absolute atomic E-state index is 12.1. The van der Waals surface area contributed by atoms with Crippen molar-refractivity contribution in [1.29, 1.82) is 0 Å². The Hall–Kier alpha value is -0.0300. The first-order valence-electron chi connectivity index (χ1n) is 5.53. The maximum atomic E-state index is 12.1. The third-order valence-corrected chi connectivity index (χ3v) is 4.56. The first-order valence-corrected chi connectivity index (χ1v) is 7.64. The molecule has 5 heteroatoms. The van der Waals surface area contributed by atoms with E-state index in [1.807, 2.05) is 6.92 Å². The number of ether oxygens (including phenoxy) is 1. The summed E-state index contributed by atoms with van der Waals surface area (Å²) in [5, 5.41) is 0.322. The summed E-state index contributed by atoms with van der Waals surface area (Å²) in [4.78, 5) is 24.1. The Morgan fingerprint density at radius 1 is 1.44 bits per heavy atom. The van der Waals surface area contributed by atoms with Crippen molar-refractivity contribution in [3.63, 3.8) is 0 Å². The van der Waals surface area contributed by atoms with Crippen LogP contribution in [0, 0.1) is 11.3 Å². The minimum atomic E-state index is -0.948. The van der Waals surface area contributed by atoms with Gasteiger partial charge >= 0.3 is 5.97 Å². The zero-order chi connectivity index (χ0) is 12.2. The summed E-state index contributed by atoms with van der Waals surface area (Å²) in [7, 11) is 0. The highest BCUT2D eigenvalue weighted by Crippen LogP contribution is 2.50. The zero-order valence-electron chi connectivity index (χ0n) is 9.62. The second kappa shape index (κ2) is 6.05. The summed E-state index contributed by atoms with van der Waals surface area (Å²) >= 11 is 4.54. The van der Waals surface area contributed by atoms with Gasteiger partial charge in [0.25, 0.3) is 0 Å². The molecule has 16 heavy (non-hydrogen) atoms. The van der Waals surface area contributed by atoms with E-state index >= 15 is 0 Å². The molecule has 0 aliphatic heterocycles. The van der Waals surface area contributed by atoms with Crippen LogP contribution in [0.5, 0.6) is 0 Å². The molecule has 1 rings (SSSR count). The molecule has 0 aromatic carbocycles. The molecule has 0 bridgehead atoms. The summed E-state index contributed by atoms with van der Waals surface area (Å²) in [6, 6.07) is 0. The van der Waals surface area contributed by atoms with Crippen molar-refractivity contribution >= 4 is 38.8 Å². The van der Waals surface area contributed by atoms with Gasteiger partial charge in [0, 0.05) is 5.33 Å². The van der Waals surface area contributed by atoms with Gasteiger partial charge in [0.1, 0.15) is 5.41 Å². The average Bonchev–Trinajstić information content (AvgIpc) is 3.05. The van der Waals surface area contributed by atoms with Crippen LogP contribution in [-0.4, -0.2) is 28.8 Å². The van der Waals surface area contributed by atoms with Crippen LogP contribution in [0.25, 0.3) is 0 Å². The number of hydrogen-bond acceptors (Lipinski definition) is 4. The van der Waals surface area contributed by atoms with Crippen LogP contribution in [0.2, 0.25) is 0 Å². The lowest BCUT2D eigenvalue weighted by Gasteiger charge is -2.27. The minimum Gasteiger partial charge on any atom is -0.465 e. The predicted molar refractivity (Wildman–Crippen MR) is 68.7 cm³/mol. The molecule has 1 unspecified atom stereocenters. The molecule has 1 atom stereocenters. The van der Waals surface area contributed by atoms with Crippen LogP contribution in [0.15, 0.2) is 0 Å². The van der Waals surface area contributed by atoms with Gasteiger partial charge in [0.2, 0.25) is 5.12 Å². The molecule has 0 saturated heterocycles. The Labute approximate surface area is 109 Å². The Kier molecular flexibility index (Phi) is 5.31. The number of carbonyl (C=O) groups excluding carboxylic acids is 2. The van der Waals surface area contributed by atoms with E-state index in [0.717, 1.165) is 12.8 Å². The Bertz CT molecular complexity index is 258. The molecule has 0 aromatic heterocycles. The van der Waals surface area contributed by atoms with Gasteiger partial charge < -0.3 is 4.74 Å². The number of alkyl halides is 1. The van der Waals surface area contributed by atoms with Crippen molar-refractivity contribution in [2.24, 2.45) is 11.3 Å². The Balaban J connectivity index is 2.89. The van der Waals surface area contributed by atoms with Crippen LogP contribution in [0.3, 0.4) is 0 Å². The molecule has 0 radical (unpaired) electrons. The topological polar surface area (TPSA) is 43.4 Å². The number of hydrogen-bond donors (Lipinski definition) is 0. The molecule has 0 amide bonds. The van der Waals surface area contributed by atoms with Crippen LogP contribution >= 0.6 is 27.7 Å². The van der Waals surface area contributed by atoms with Gasteiger partial charge in [-0.25, -0.2) is 0 Å². The number of esters is 1. The van der Waals surface area contributed by atoms with Gasteiger partial charge in [-0.15, -0.1) is 0 Å². The van der Waals surface area contributed by atoms with Crippen molar-refractivity contribution in [3.05, 3.63) is 0 Å². The predicted octanol–water partition coefficient (Wildman–Crippen LogP) is 2.62. The van der Waals surface area contributed by atoms with Gasteiger partial charge in [-0.2, -0.15) is 0 Å². The molecule has 0 heterocycles. The van der Waals surface area contributed by atoms with Gasteiger partial charge in [-0.1, -0.05) is 34.6 Å². The molecule has 1 fully saturated rings. The highest BCUT2D eigenvalue weighted by Gasteiger charge is 2.56. The molecule has 1 aliphatic carbocycles. The van der Waals surface area contributed by atoms with E-state index < -0.39 is 5.41 Å². The van der Waals surface area contributed by atoms with Crippen LogP contribution in [-0.2, 0) is 14.3 Å². The monoisotopic (exact) mass is 308 g/mol. The van der Waals surface area contributed by atoms with E-state index in [4.69, 9.17) is 4.74 Å². The fraction of sp³-hybridized carbons (Fsp3) is 0.818. The molecule has 1 aliphatic rings. The van der Waals surface area contributed by atoms with Gasteiger partial charge in [0.05, 0.1) is 6.61 Å². The number of rotatable bonds is 6. The Morgan fingerprint density at radius 3 is 2.44 bits per heavy atom. The molecular formula is C11H17BrO3S. The van der Waals surface area contributed by atoms with E-state index in [2.05, 4.69) is 15.9 Å². The molecule has 1 saturated carbocycles. The van der Waals surface area contributed by atoms with E-state index in [1.54, 1.807) is 6.92 Å². The Morgan fingerprint density at radius 2 is 2.06 bits per heavy atom. The SMILES string of the molecule is CCOC(=O)C(CBr)(C(=O)SCC)C1CC1. The average molecular weight is 309 g/mol. The highest BCUT2D eigenvalue weighted by atomic mass is 79.9. The minimum absolute atomic E-state index is 0.0483. The molecule has 0 spiro atoms. The first-order chi connectivity index (χ1) is 7.63. The van der Waals surface area contributed by atoms with E-state index in [1.165, 1.54) is 11.8 Å².